The minimum atomic E-state index is -4.45. The van der Waals surface area contributed by atoms with Gasteiger partial charge in [-0.15, -0.1) is 11.3 Å². The highest BCUT2D eigenvalue weighted by Gasteiger charge is 2.48. The first kappa shape index (κ1) is 19.9. The summed E-state index contributed by atoms with van der Waals surface area (Å²) in [4.78, 5) is 38.2. The molecule has 2 fully saturated rings. The number of imidazole rings is 1. The predicted octanol–water partition coefficient (Wildman–Crippen LogP) is 3.37. The van der Waals surface area contributed by atoms with Crippen molar-refractivity contribution in [1.29, 1.82) is 0 Å². The summed E-state index contributed by atoms with van der Waals surface area (Å²) in [5.41, 5.74) is 1.34. The molecule has 1 aliphatic carbocycles. The van der Waals surface area contributed by atoms with Gasteiger partial charge in [-0.3, -0.25) is 9.59 Å². The van der Waals surface area contributed by atoms with Crippen molar-refractivity contribution in [2.45, 2.75) is 37.9 Å². The number of carbonyl (C=O) groups is 2. The second-order valence-electron chi connectivity index (χ2n) is 7.66. The highest BCUT2D eigenvalue weighted by atomic mass is 32.1. The Morgan fingerprint density at radius 2 is 1.94 bits per heavy atom. The zero-order chi connectivity index (χ0) is 21.8. The molecule has 162 valence electrons. The Labute approximate surface area is 178 Å². The fraction of sp³-hybridized carbons (Fsp3) is 0.421. The molecule has 0 bridgehead atoms. The Bertz CT molecular complexity index is 1170. The molecule has 0 radical (unpaired) electrons. The summed E-state index contributed by atoms with van der Waals surface area (Å²) < 4.78 is 41.2. The van der Waals surface area contributed by atoms with Crippen LogP contribution in [-0.4, -0.2) is 54.8 Å². The maximum atomic E-state index is 13.2. The molecule has 0 unspecified atom stereocenters. The maximum absolute atomic E-state index is 13.2. The average Bonchev–Trinajstić information content (AvgIpc) is 3.13. The number of aromatic nitrogens is 4. The standard InChI is InChI=1S/C19H17F3N6O2S/c20-19(21,22)13-2-1-5-28(13)18(30)17-24-12(9-31-17)11-7-27-8-14(25-15(27)6-23-11)26-16(29)10-3-4-10/h6-10,13H,1-5H2,(H,26,29)/t13-/m1/s1. The lowest BCUT2D eigenvalue weighted by Gasteiger charge is -2.25. The number of hydrogen-bond donors (Lipinski definition) is 1. The van der Waals surface area contributed by atoms with E-state index in [4.69, 9.17) is 0 Å². The molecule has 0 aromatic carbocycles. The van der Waals surface area contributed by atoms with Gasteiger partial charge in [-0.05, 0) is 25.7 Å². The number of nitrogens with one attached hydrogen (secondary N) is 1. The molecule has 31 heavy (non-hydrogen) atoms. The first-order valence-electron chi connectivity index (χ1n) is 9.79. The molecule has 1 aliphatic heterocycles. The summed E-state index contributed by atoms with van der Waals surface area (Å²) in [7, 11) is 0. The van der Waals surface area contributed by atoms with Crippen LogP contribution in [0.2, 0.25) is 0 Å². The molecule has 3 aromatic heterocycles. The fourth-order valence-electron chi connectivity index (χ4n) is 3.63. The lowest BCUT2D eigenvalue weighted by molar-refractivity contribution is -0.169. The molecule has 4 heterocycles. The average molecular weight is 450 g/mol. The van der Waals surface area contributed by atoms with E-state index in [-0.39, 0.29) is 29.8 Å². The Kier molecular flexibility index (Phi) is 4.68. The molecule has 1 atom stereocenters. The molecular weight excluding hydrogens is 433 g/mol. The number of thiazole rings is 1. The topological polar surface area (TPSA) is 92.5 Å². The molecule has 1 N–H and O–H groups in total. The van der Waals surface area contributed by atoms with Gasteiger partial charge < -0.3 is 14.6 Å². The van der Waals surface area contributed by atoms with E-state index < -0.39 is 18.1 Å². The quantitative estimate of drug-likeness (QED) is 0.658. The van der Waals surface area contributed by atoms with Crippen molar-refractivity contribution in [3.8, 4) is 11.4 Å². The van der Waals surface area contributed by atoms with E-state index >= 15 is 0 Å². The predicted molar refractivity (Wildman–Crippen MR) is 106 cm³/mol. The van der Waals surface area contributed by atoms with Crippen molar-refractivity contribution in [1.82, 2.24) is 24.3 Å². The fourth-order valence-corrected chi connectivity index (χ4v) is 4.39. The summed E-state index contributed by atoms with van der Waals surface area (Å²) >= 11 is 0.990. The minimum Gasteiger partial charge on any atom is -0.324 e. The van der Waals surface area contributed by atoms with Gasteiger partial charge in [-0.2, -0.15) is 13.2 Å². The van der Waals surface area contributed by atoms with Crippen LogP contribution < -0.4 is 5.32 Å². The first-order valence-corrected chi connectivity index (χ1v) is 10.7. The maximum Gasteiger partial charge on any atom is 0.408 e. The smallest absolute Gasteiger partial charge is 0.324 e. The Balaban J connectivity index is 1.36. The van der Waals surface area contributed by atoms with Gasteiger partial charge in [0.25, 0.3) is 5.91 Å². The van der Waals surface area contributed by atoms with Crippen LogP contribution in [0, 0.1) is 5.92 Å². The van der Waals surface area contributed by atoms with Crippen LogP contribution in [0.25, 0.3) is 17.0 Å². The monoisotopic (exact) mass is 450 g/mol. The number of likely N-dealkylation sites (tertiary alicyclic amines) is 1. The Morgan fingerprint density at radius 3 is 2.68 bits per heavy atom. The van der Waals surface area contributed by atoms with Gasteiger partial charge in [0.15, 0.2) is 16.5 Å². The number of halogens is 3. The summed E-state index contributed by atoms with van der Waals surface area (Å²) in [5.74, 6) is -0.308. The molecule has 2 amide bonds. The van der Waals surface area contributed by atoms with E-state index in [1.54, 1.807) is 22.2 Å². The van der Waals surface area contributed by atoms with Gasteiger partial charge >= 0.3 is 6.18 Å². The van der Waals surface area contributed by atoms with Crippen LogP contribution in [0.3, 0.4) is 0 Å². The summed E-state index contributed by atoms with van der Waals surface area (Å²) in [6.07, 6.45) is 2.34. The van der Waals surface area contributed by atoms with Gasteiger partial charge in [-0.25, -0.2) is 15.0 Å². The van der Waals surface area contributed by atoms with E-state index in [9.17, 15) is 22.8 Å². The molecule has 1 saturated heterocycles. The van der Waals surface area contributed by atoms with Crippen molar-refractivity contribution in [3.05, 3.63) is 29.0 Å². The summed E-state index contributed by atoms with van der Waals surface area (Å²) in [6.45, 7) is 0.0620. The lowest BCUT2D eigenvalue weighted by atomic mass is 10.2. The summed E-state index contributed by atoms with van der Waals surface area (Å²) in [5, 5.41) is 4.35. The van der Waals surface area contributed by atoms with Gasteiger partial charge in [0, 0.05) is 24.0 Å². The normalized spacial score (nSPS) is 19.2. The molecule has 3 aromatic rings. The third-order valence-corrected chi connectivity index (χ3v) is 6.21. The zero-order valence-electron chi connectivity index (χ0n) is 16.1. The molecule has 0 spiro atoms. The number of alkyl halides is 3. The largest absolute Gasteiger partial charge is 0.408 e. The Hall–Kier alpha value is -3.02. The molecular formula is C19H17F3N6O2S. The highest BCUT2D eigenvalue weighted by Crippen LogP contribution is 2.34. The van der Waals surface area contributed by atoms with E-state index in [1.165, 1.54) is 6.20 Å². The lowest BCUT2D eigenvalue weighted by Crippen LogP contribution is -2.44. The van der Waals surface area contributed by atoms with Crippen LogP contribution in [0.5, 0.6) is 0 Å². The van der Waals surface area contributed by atoms with Crippen LogP contribution in [0.4, 0.5) is 19.0 Å². The Morgan fingerprint density at radius 1 is 1.13 bits per heavy atom. The second kappa shape index (κ2) is 7.29. The molecule has 2 aliphatic rings. The molecule has 5 rings (SSSR count). The van der Waals surface area contributed by atoms with Gasteiger partial charge in [0.05, 0.1) is 12.4 Å². The van der Waals surface area contributed by atoms with Crippen molar-refractivity contribution in [2.24, 2.45) is 5.92 Å². The van der Waals surface area contributed by atoms with Gasteiger partial charge in [-0.1, -0.05) is 0 Å². The van der Waals surface area contributed by atoms with E-state index in [0.717, 1.165) is 29.1 Å². The third-order valence-electron chi connectivity index (χ3n) is 5.38. The number of fused-ring (bicyclic) bond motifs is 1. The minimum absolute atomic E-state index is 0.00364. The van der Waals surface area contributed by atoms with Crippen LogP contribution in [0.1, 0.15) is 35.5 Å². The van der Waals surface area contributed by atoms with Crippen molar-refractivity contribution in [2.75, 3.05) is 11.9 Å². The zero-order valence-corrected chi connectivity index (χ0v) is 16.9. The number of nitrogens with zero attached hydrogens (tertiary/aromatic N) is 5. The number of hydrogen-bond acceptors (Lipinski definition) is 6. The number of anilines is 1. The number of rotatable bonds is 4. The highest BCUT2D eigenvalue weighted by molar-refractivity contribution is 7.12. The van der Waals surface area contributed by atoms with Crippen LogP contribution >= 0.6 is 11.3 Å². The van der Waals surface area contributed by atoms with Gasteiger partial charge in [0.1, 0.15) is 17.4 Å². The second-order valence-corrected chi connectivity index (χ2v) is 8.52. The third kappa shape index (κ3) is 3.87. The molecule has 12 heteroatoms. The van der Waals surface area contributed by atoms with E-state index in [0.29, 0.717) is 29.3 Å². The first-order chi connectivity index (χ1) is 14.8. The van der Waals surface area contributed by atoms with Crippen LogP contribution in [0.15, 0.2) is 24.0 Å². The SMILES string of the molecule is O=C(Nc1cn2cc(-c3csc(C(=O)N4CCC[C@@H]4C(F)(F)F)n3)ncc2n1)C1CC1. The summed E-state index contributed by atoms with van der Waals surface area (Å²) in [6, 6.07) is -1.77. The van der Waals surface area contributed by atoms with Crippen LogP contribution in [-0.2, 0) is 4.79 Å². The van der Waals surface area contributed by atoms with E-state index in [2.05, 4.69) is 20.3 Å². The van der Waals surface area contributed by atoms with Crippen molar-refractivity contribution < 1.29 is 22.8 Å². The molecule has 8 nitrogen and oxygen atoms in total. The van der Waals surface area contributed by atoms with Crippen molar-refractivity contribution in [3.63, 3.8) is 0 Å². The van der Waals surface area contributed by atoms with E-state index in [1.807, 2.05) is 0 Å². The number of amides is 2. The van der Waals surface area contributed by atoms with Crippen molar-refractivity contribution >= 4 is 34.6 Å². The number of carbonyl (C=O) groups excluding carboxylic acids is 2. The molecule has 1 saturated carbocycles. The van der Waals surface area contributed by atoms with Gasteiger partial charge in [0.2, 0.25) is 5.91 Å².